The number of amides is 1. The minimum Gasteiger partial charge on any atom is -0.489 e. The molecule has 0 saturated carbocycles. The van der Waals surface area contributed by atoms with E-state index in [-0.39, 0.29) is 6.61 Å². The molecule has 130 valence electrons. The van der Waals surface area contributed by atoms with Crippen LogP contribution in [0.2, 0.25) is 0 Å². The average Bonchev–Trinajstić information content (AvgIpc) is 3.03. The van der Waals surface area contributed by atoms with Crippen molar-refractivity contribution in [1.82, 2.24) is 5.32 Å². The summed E-state index contributed by atoms with van der Waals surface area (Å²) in [7, 11) is 0. The number of carbonyl (C=O) groups is 2. The van der Waals surface area contributed by atoms with Crippen LogP contribution in [0.5, 0.6) is 5.75 Å². The molecule has 0 aromatic heterocycles. The second-order valence-corrected chi connectivity index (χ2v) is 5.54. The lowest BCUT2D eigenvalue weighted by Crippen LogP contribution is -2.30. The molecule has 3 rings (SSSR count). The van der Waals surface area contributed by atoms with Crippen molar-refractivity contribution in [3.05, 3.63) is 65.7 Å². The summed E-state index contributed by atoms with van der Waals surface area (Å²) in [5, 5.41) is 2.63. The van der Waals surface area contributed by atoms with E-state index in [2.05, 4.69) is 5.32 Å². The predicted octanol–water partition coefficient (Wildman–Crippen LogP) is 2.98. The highest BCUT2D eigenvalue weighted by molar-refractivity contribution is 5.83. The van der Waals surface area contributed by atoms with Gasteiger partial charge < -0.3 is 19.5 Å². The highest BCUT2D eigenvalue weighted by Crippen LogP contribution is 2.27. The van der Waals surface area contributed by atoms with Crippen molar-refractivity contribution >= 4 is 12.1 Å². The van der Waals surface area contributed by atoms with E-state index in [9.17, 15) is 9.59 Å². The van der Waals surface area contributed by atoms with Gasteiger partial charge in [0.25, 0.3) is 0 Å². The number of benzene rings is 2. The molecule has 6 heteroatoms. The molecule has 0 aliphatic carbocycles. The third-order valence-electron chi connectivity index (χ3n) is 3.82. The molecule has 25 heavy (non-hydrogen) atoms. The second kappa shape index (κ2) is 7.70. The van der Waals surface area contributed by atoms with Gasteiger partial charge in [0.1, 0.15) is 18.4 Å². The average molecular weight is 341 g/mol. The first-order valence-electron chi connectivity index (χ1n) is 8.08. The molecule has 1 amide bonds. The maximum Gasteiger partial charge on any atom is 0.408 e. The Balaban J connectivity index is 1.66. The van der Waals surface area contributed by atoms with E-state index in [0.29, 0.717) is 12.4 Å². The van der Waals surface area contributed by atoms with Gasteiger partial charge in [0.2, 0.25) is 6.10 Å². The Labute approximate surface area is 145 Å². The molecule has 2 aromatic rings. The Bertz CT molecular complexity index is 729. The number of hydrogen-bond donors (Lipinski definition) is 1. The Morgan fingerprint density at radius 2 is 1.84 bits per heavy atom. The van der Waals surface area contributed by atoms with E-state index in [1.165, 1.54) is 0 Å². The standard InChI is InChI=1S/C19H19NO5/c1-2-23-18(21)17-16(20-19(22)25-17)14-8-10-15(11-9-14)24-12-13-6-4-3-5-7-13/h3-11,16-17H,2,12H2,1H3,(H,20,22). The third kappa shape index (κ3) is 4.09. The summed E-state index contributed by atoms with van der Waals surface area (Å²) in [6.45, 7) is 2.40. The number of ether oxygens (including phenoxy) is 3. The Morgan fingerprint density at radius 3 is 2.52 bits per heavy atom. The number of alkyl carbamates (subject to hydrolysis) is 1. The topological polar surface area (TPSA) is 73.9 Å². The quantitative estimate of drug-likeness (QED) is 0.818. The molecule has 2 atom stereocenters. The van der Waals surface area contributed by atoms with Crippen LogP contribution in [-0.4, -0.2) is 24.8 Å². The lowest BCUT2D eigenvalue weighted by molar-refractivity contribution is -0.152. The summed E-state index contributed by atoms with van der Waals surface area (Å²) >= 11 is 0. The Kier molecular flexibility index (Phi) is 5.18. The van der Waals surface area contributed by atoms with Crippen molar-refractivity contribution in [3.63, 3.8) is 0 Å². The highest BCUT2D eigenvalue weighted by Gasteiger charge is 2.41. The maximum absolute atomic E-state index is 11.9. The van der Waals surface area contributed by atoms with Gasteiger partial charge >= 0.3 is 12.1 Å². The monoisotopic (exact) mass is 341 g/mol. The van der Waals surface area contributed by atoms with Gasteiger partial charge in [-0.1, -0.05) is 42.5 Å². The number of nitrogens with one attached hydrogen (secondary N) is 1. The molecule has 0 radical (unpaired) electrons. The molecule has 1 fully saturated rings. The zero-order valence-corrected chi connectivity index (χ0v) is 13.8. The minimum atomic E-state index is -0.983. The first-order valence-corrected chi connectivity index (χ1v) is 8.08. The van der Waals surface area contributed by atoms with Gasteiger partial charge in [-0.05, 0) is 30.2 Å². The highest BCUT2D eigenvalue weighted by atomic mass is 16.6. The molecule has 2 aromatic carbocycles. The fourth-order valence-electron chi connectivity index (χ4n) is 2.60. The molecule has 6 nitrogen and oxygen atoms in total. The minimum absolute atomic E-state index is 0.228. The molecular formula is C19H19NO5. The van der Waals surface area contributed by atoms with E-state index in [4.69, 9.17) is 14.2 Å². The van der Waals surface area contributed by atoms with Gasteiger partial charge in [-0.2, -0.15) is 0 Å². The van der Waals surface area contributed by atoms with Crippen LogP contribution in [0.1, 0.15) is 24.1 Å². The number of rotatable bonds is 6. The van der Waals surface area contributed by atoms with E-state index in [1.807, 2.05) is 30.3 Å². The summed E-state index contributed by atoms with van der Waals surface area (Å²) in [5.41, 5.74) is 1.82. The van der Waals surface area contributed by atoms with Crippen LogP contribution in [-0.2, 0) is 20.9 Å². The molecule has 0 bridgehead atoms. The SMILES string of the molecule is CCOC(=O)C1OC(=O)NC1c1ccc(OCc2ccccc2)cc1. The maximum atomic E-state index is 11.9. The normalized spacial score (nSPS) is 19.0. The lowest BCUT2D eigenvalue weighted by atomic mass is 10.0. The van der Waals surface area contributed by atoms with E-state index in [0.717, 1.165) is 11.1 Å². The summed E-state index contributed by atoms with van der Waals surface area (Å²) in [5.74, 6) is 0.140. The van der Waals surface area contributed by atoms with Crippen LogP contribution in [0.15, 0.2) is 54.6 Å². The zero-order chi connectivity index (χ0) is 17.6. The lowest BCUT2D eigenvalue weighted by Gasteiger charge is -2.16. The third-order valence-corrected chi connectivity index (χ3v) is 3.82. The summed E-state index contributed by atoms with van der Waals surface area (Å²) in [4.78, 5) is 23.4. The van der Waals surface area contributed by atoms with Crippen LogP contribution in [0.25, 0.3) is 0 Å². The van der Waals surface area contributed by atoms with E-state index < -0.39 is 24.2 Å². The molecule has 1 saturated heterocycles. The smallest absolute Gasteiger partial charge is 0.408 e. The summed E-state index contributed by atoms with van der Waals surface area (Å²) < 4.78 is 15.7. The van der Waals surface area contributed by atoms with Gasteiger partial charge in [-0.25, -0.2) is 9.59 Å². The molecular weight excluding hydrogens is 322 g/mol. The Hall–Kier alpha value is -3.02. The molecule has 1 aliphatic rings. The van der Waals surface area contributed by atoms with Crippen molar-refractivity contribution in [2.45, 2.75) is 25.7 Å². The van der Waals surface area contributed by atoms with Crippen LogP contribution >= 0.6 is 0 Å². The van der Waals surface area contributed by atoms with Gasteiger partial charge in [0.05, 0.1) is 6.61 Å². The molecule has 1 N–H and O–H groups in total. The zero-order valence-electron chi connectivity index (χ0n) is 13.8. The van der Waals surface area contributed by atoms with E-state index >= 15 is 0 Å². The molecule has 1 aliphatic heterocycles. The van der Waals surface area contributed by atoms with Crippen molar-refractivity contribution in [2.24, 2.45) is 0 Å². The van der Waals surface area contributed by atoms with Crippen molar-refractivity contribution in [1.29, 1.82) is 0 Å². The fraction of sp³-hybridized carbons (Fsp3) is 0.263. The predicted molar refractivity (Wildman–Crippen MR) is 90.0 cm³/mol. The first kappa shape index (κ1) is 16.8. The Morgan fingerprint density at radius 1 is 1.12 bits per heavy atom. The number of carbonyl (C=O) groups excluding carboxylic acids is 2. The molecule has 2 unspecified atom stereocenters. The largest absolute Gasteiger partial charge is 0.489 e. The van der Waals surface area contributed by atoms with Crippen molar-refractivity contribution in [3.8, 4) is 5.75 Å². The van der Waals surface area contributed by atoms with E-state index in [1.54, 1.807) is 31.2 Å². The van der Waals surface area contributed by atoms with Crippen LogP contribution in [0, 0.1) is 0 Å². The van der Waals surface area contributed by atoms with Gasteiger partial charge in [-0.15, -0.1) is 0 Å². The molecule has 0 spiro atoms. The van der Waals surface area contributed by atoms with Crippen LogP contribution < -0.4 is 10.1 Å². The van der Waals surface area contributed by atoms with Crippen molar-refractivity contribution < 1.29 is 23.8 Å². The van der Waals surface area contributed by atoms with Crippen LogP contribution in [0.4, 0.5) is 4.79 Å². The van der Waals surface area contributed by atoms with Gasteiger partial charge in [-0.3, -0.25) is 0 Å². The summed E-state index contributed by atoms with van der Waals surface area (Å²) in [6, 6.07) is 16.5. The van der Waals surface area contributed by atoms with Gasteiger partial charge in [0.15, 0.2) is 0 Å². The number of cyclic esters (lactones) is 1. The first-order chi connectivity index (χ1) is 12.2. The summed E-state index contributed by atoms with van der Waals surface area (Å²) in [6.07, 6.45) is -1.61. The molecule has 1 heterocycles. The number of esters is 1. The number of hydrogen-bond acceptors (Lipinski definition) is 5. The second-order valence-electron chi connectivity index (χ2n) is 5.54. The van der Waals surface area contributed by atoms with Gasteiger partial charge in [0, 0.05) is 0 Å². The fourth-order valence-corrected chi connectivity index (χ4v) is 2.60. The van der Waals surface area contributed by atoms with Crippen LogP contribution in [0.3, 0.4) is 0 Å². The van der Waals surface area contributed by atoms with Crippen molar-refractivity contribution in [2.75, 3.05) is 6.61 Å².